The van der Waals surface area contributed by atoms with Crippen molar-refractivity contribution in [2.24, 2.45) is 0 Å². The summed E-state index contributed by atoms with van der Waals surface area (Å²) in [6, 6.07) is 5.99. The lowest BCUT2D eigenvalue weighted by atomic mass is 9.80. The van der Waals surface area contributed by atoms with Crippen molar-refractivity contribution in [3.63, 3.8) is 0 Å². The van der Waals surface area contributed by atoms with Crippen LogP contribution in [0.3, 0.4) is 0 Å². The summed E-state index contributed by atoms with van der Waals surface area (Å²) in [6.07, 6.45) is 0. The number of esters is 1. The fourth-order valence-electron chi connectivity index (χ4n) is 3.01. The van der Waals surface area contributed by atoms with Gasteiger partial charge in [-0.1, -0.05) is 12.1 Å². The smallest absolute Gasteiger partial charge is 0.342 e. The Balaban J connectivity index is 2.40. The molecule has 1 aliphatic rings. The molecule has 0 aliphatic heterocycles. The largest absolute Gasteiger partial charge is 0.507 e. The van der Waals surface area contributed by atoms with E-state index in [-0.39, 0.29) is 16.7 Å². The molecule has 0 bridgehead atoms. The van der Waals surface area contributed by atoms with Crippen LogP contribution in [0.5, 0.6) is 17.2 Å². The van der Waals surface area contributed by atoms with Crippen LogP contribution < -0.4 is 0 Å². The van der Waals surface area contributed by atoms with Gasteiger partial charge in [0.25, 0.3) is 0 Å². The minimum Gasteiger partial charge on any atom is -0.507 e. The van der Waals surface area contributed by atoms with Crippen LogP contribution in [-0.2, 0) is 16.1 Å². The highest BCUT2D eigenvalue weighted by molar-refractivity contribution is 6.47. The first-order valence-corrected chi connectivity index (χ1v) is 7.71. The lowest BCUT2D eigenvalue weighted by Crippen LogP contribution is -2.26. The van der Waals surface area contributed by atoms with E-state index in [1.165, 1.54) is 18.2 Å². The summed E-state index contributed by atoms with van der Waals surface area (Å²) in [4.78, 5) is 38.1. The lowest BCUT2D eigenvalue weighted by molar-refractivity contribution is -0.135. The summed E-state index contributed by atoms with van der Waals surface area (Å²) in [7, 11) is 1.000. The number of benzene rings is 2. The van der Waals surface area contributed by atoms with Gasteiger partial charge in [-0.3, -0.25) is 9.59 Å². The normalized spacial score (nSPS) is 13.6. The molecule has 0 amide bonds. The Morgan fingerprint density at radius 1 is 0.963 bits per heavy atom. The second-order valence-corrected chi connectivity index (χ2v) is 5.77. The Morgan fingerprint density at radius 3 is 2.15 bits per heavy atom. The maximum atomic E-state index is 13.0. The summed E-state index contributed by atoms with van der Waals surface area (Å²) >= 11 is 0. The van der Waals surface area contributed by atoms with E-state index in [0.29, 0.717) is 0 Å². The van der Waals surface area contributed by atoms with Crippen LogP contribution in [-0.4, -0.2) is 45.1 Å². The van der Waals surface area contributed by atoms with E-state index >= 15 is 0 Å². The molecule has 138 valence electrons. The monoisotopic (exact) mass is 370 g/mol. The molecular formula is C19H14O8. The van der Waals surface area contributed by atoms with Crippen LogP contribution in [0.1, 0.15) is 31.8 Å². The Kier molecular flexibility index (Phi) is 4.42. The molecule has 0 saturated carbocycles. The zero-order valence-corrected chi connectivity index (χ0v) is 14.0. The Morgan fingerprint density at radius 2 is 1.59 bits per heavy atom. The lowest BCUT2D eigenvalue weighted by Gasteiger charge is -2.22. The van der Waals surface area contributed by atoms with Gasteiger partial charge in [-0.05, 0) is 23.8 Å². The van der Waals surface area contributed by atoms with Crippen molar-refractivity contribution in [3.05, 3.63) is 58.2 Å². The third kappa shape index (κ3) is 2.72. The number of hydrogen-bond acceptors (Lipinski definition) is 8. The van der Waals surface area contributed by atoms with E-state index in [1.54, 1.807) is 0 Å². The number of phenols is 3. The van der Waals surface area contributed by atoms with Crippen molar-refractivity contribution in [1.82, 2.24) is 0 Å². The summed E-state index contributed by atoms with van der Waals surface area (Å²) in [5, 5.41) is 39.7. The topological polar surface area (TPSA) is 141 Å². The molecule has 3 rings (SSSR count). The van der Waals surface area contributed by atoms with E-state index in [9.17, 15) is 29.7 Å². The Bertz CT molecular complexity index is 1010. The van der Waals surface area contributed by atoms with Crippen LogP contribution in [0.25, 0.3) is 5.57 Å². The van der Waals surface area contributed by atoms with Crippen LogP contribution in [0.2, 0.25) is 0 Å². The van der Waals surface area contributed by atoms with Gasteiger partial charge in [0, 0.05) is 5.56 Å². The molecular weight excluding hydrogens is 356 g/mol. The molecule has 0 fully saturated rings. The standard InChI is InChI=1S/C19H14O8/c1-27-19(26)16-15(14-11(22)5-8(7-20)6-12(14)23)17(24)9-3-2-4-10(21)13(9)18(16)25/h2-6,20-23H,7H2,1H3. The fraction of sp³-hybridized carbons (Fsp3) is 0.105. The average molecular weight is 370 g/mol. The third-order valence-electron chi connectivity index (χ3n) is 4.20. The number of methoxy groups -OCH3 is 1. The van der Waals surface area contributed by atoms with E-state index in [0.717, 1.165) is 19.2 Å². The number of carbonyl (C=O) groups excluding carboxylic acids is 3. The Hall–Kier alpha value is -3.65. The third-order valence-corrected chi connectivity index (χ3v) is 4.20. The van der Waals surface area contributed by atoms with Crippen molar-refractivity contribution >= 4 is 23.1 Å². The molecule has 4 N–H and O–H groups in total. The van der Waals surface area contributed by atoms with E-state index in [2.05, 4.69) is 4.74 Å². The van der Waals surface area contributed by atoms with Crippen LogP contribution in [0.4, 0.5) is 0 Å². The molecule has 2 aromatic carbocycles. The van der Waals surface area contributed by atoms with E-state index in [1.807, 2.05) is 0 Å². The molecule has 0 aromatic heterocycles. The summed E-state index contributed by atoms with van der Waals surface area (Å²) in [5.74, 6) is -4.71. The minimum absolute atomic E-state index is 0.154. The van der Waals surface area contributed by atoms with E-state index < -0.39 is 58.1 Å². The van der Waals surface area contributed by atoms with Crippen LogP contribution in [0.15, 0.2) is 35.9 Å². The van der Waals surface area contributed by atoms with Gasteiger partial charge in [0.05, 0.1) is 30.4 Å². The van der Waals surface area contributed by atoms with Gasteiger partial charge in [0.15, 0.2) is 5.78 Å². The fourth-order valence-corrected chi connectivity index (χ4v) is 3.01. The molecule has 27 heavy (non-hydrogen) atoms. The molecule has 0 radical (unpaired) electrons. The van der Waals surface area contributed by atoms with Crippen molar-refractivity contribution in [2.75, 3.05) is 7.11 Å². The number of aromatic hydroxyl groups is 3. The number of aliphatic hydroxyl groups is 1. The van der Waals surface area contributed by atoms with Gasteiger partial charge < -0.3 is 25.2 Å². The maximum absolute atomic E-state index is 13.0. The van der Waals surface area contributed by atoms with Gasteiger partial charge in [0.2, 0.25) is 5.78 Å². The second kappa shape index (κ2) is 6.58. The highest BCUT2D eigenvalue weighted by Gasteiger charge is 2.40. The maximum Gasteiger partial charge on any atom is 0.342 e. The summed E-state index contributed by atoms with van der Waals surface area (Å²) in [6.45, 7) is -0.492. The molecule has 8 nitrogen and oxygen atoms in total. The first kappa shape index (κ1) is 18.2. The van der Waals surface area contributed by atoms with Crippen molar-refractivity contribution in [2.45, 2.75) is 6.61 Å². The number of hydrogen-bond donors (Lipinski definition) is 4. The number of allylic oxidation sites excluding steroid dienone is 1. The number of phenolic OH excluding ortho intramolecular Hbond substituents is 3. The second-order valence-electron chi connectivity index (χ2n) is 5.77. The predicted octanol–water partition coefficient (Wildman–Crippen LogP) is 1.30. The summed E-state index contributed by atoms with van der Waals surface area (Å²) in [5.41, 5.74) is -2.12. The number of ketones is 2. The number of Topliss-reactive ketones (excluding diaryl/α,β-unsaturated/α-hetero) is 2. The number of rotatable bonds is 3. The van der Waals surface area contributed by atoms with Gasteiger partial charge >= 0.3 is 5.97 Å². The van der Waals surface area contributed by atoms with Gasteiger partial charge in [-0.15, -0.1) is 0 Å². The molecule has 0 saturated heterocycles. The minimum atomic E-state index is -1.16. The SMILES string of the molecule is COC(=O)C1=C(c2c(O)cc(CO)cc2O)C(=O)c2cccc(O)c2C1=O. The van der Waals surface area contributed by atoms with Gasteiger partial charge in [-0.2, -0.15) is 0 Å². The highest BCUT2D eigenvalue weighted by Crippen LogP contribution is 2.43. The molecule has 0 unspecified atom stereocenters. The first-order chi connectivity index (χ1) is 12.8. The van der Waals surface area contributed by atoms with Crippen molar-refractivity contribution in [3.8, 4) is 17.2 Å². The van der Waals surface area contributed by atoms with Gasteiger partial charge in [0.1, 0.15) is 22.8 Å². The zero-order valence-electron chi connectivity index (χ0n) is 14.0. The van der Waals surface area contributed by atoms with Crippen LogP contribution >= 0.6 is 0 Å². The molecule has 2 aromatic rings. The molecule has 0 spiro atoms. The zero-order chi connectivity index (χ0) is 19.9. The molecule has 8 heteroatoms. The van der Waals surface area contributed by atoms with Crippen LogP contribution in [0, 0.1) is 0 Å². The van der Waals surface area contributed by atoms with Crippen molar-refractivity contribution in [1.29, 1.82) is 0 Å². The molecule has 1 aliphatic carbocycles. The first-order valence-electron chi connectivity index (χ1n) is 7.71. The average Bonchev–Trinajstić information content (AvgIpc) is 2.64. The number of ether oxygens (including phenoxy) is 1. The van der Waals surface area contributed by atoms with Gasteiger partial charge in [-0.25, -0.2) is 4.79 Å². The number of aliphatic hydroxyl groups excluding tert-OH is 1. The number of carbonyl (C=O) groups is 3. The summed E-state index contributed by atoms with van der Waals surface area (Å²) < 4.78 is 4.58. The molecule has 0 heterocycles. The predicted molar refractivity (Wildman–Crippen MR) is 91.4 cm³/mol. The Labute approximate surface area is 152 Å². The van der Waals surface area contributed by atoms with Crippen molar-refractivity contribution < 1.29 is 39.5 Å². The number of fused-ring (bicyclic) bond motifs is 1. The quantitative estimate of drug-likeness (QED) is 0.468. The molecule has 0 atom stereocenters. The van der Waals surface area contributed by atoms with E-state index in [4.69, 9.17) is 5.11 Å². The highest BCUT2D eigenvalue weighted by atomic mass is 16.5.